The number of piperidine rings is 1. The first-order valence-electron chi connectivity index (χ1n) is 6.43. The molecule has 98 valence electrons. The third kappa shape index (κ3) is 3.18. The van der Waals surface area contributed by atoms with Crippen LogP contribution in [0, 0.1) is 12.8 Å². The molecule has 1 aliphatic rings. The Bertz CT molecular complexity index is 396. The highest BCUT2D eigenvalue weighted by atomic mass is 16.1. The lowest BCUT2D eigenvalue weighted by atomic mass is 9.93. The number of carbonyl (C=O) groups is 1. The number of rotatable bonds is 3. The van der Waals surface area contributed by atoms with E-state index in [1.165, 1.54) is 0 Å². The zero-order chi connectivity index (χ0) is 13.0. The van der Waals surface area contributed by atoms with Gasteiger partial charge in [-0.05, 0) is 31.2 Å². The first kappa shape index (κ1) is 12.8. The summed E-state index contributed by atoms with van der Waals surface area (Å²) in [5, 5.41) is 2.68. The molecule has 1 aromatic rings. The number of hydrogen-bond donors (Lipinski definition) is 1. The third-order valence-corrected chi connectivity index (χ3v) is 3.42. The van der Waals surface area contributed by atoms with Gasteiger partial charge in [0.15, 0.2) is 0 Å². The highest BCUT2D eigenvalue weighted by molar-refractivity contribution is 5.75. The molecule has 1 aromatic heterocycles. The van der Waals surface area contributed by atoms with Gasteiger partial charge in [-0.15, -0.1) is 0 Å². The van der Waals surface area contributed by atoms with Crippen LogP contribution in [0.1, 0.15) is 24.8 Å². The van der Waals surface area contributed by atoms with Crippen molar-refractivity contribution in [3.63, 3.8) is 0 Å². The summed E-state index contributed by atoms with van der Waals surface area (Å²) in [6.45, 7) is 3.86. The second-order valence-electron chi connectivity index (χ2n) is 4.87. The van der Waals surface area contributed by atoms with Gasteiger partial charge in [-0.2, -0.15) is 0 Å². The molecule has 5 nitrogen and oxygen atoms in total. The minimum atomic E-state index is 0.139. The lowest BCUT2D eigenvalue weighted by Gasteiger charge is -2.31. The highest BCUT2D eigenvalue weighted by Gasteiger charge is 2.22. The molecule has 1 fully saturated rings. The van der Waals surface area contributed by atoms with Crippen molar-refractivity contribution < 1.29 is 4.79 Å². The molecule has 0 saturated carbocycles. The van der Waals surface area contributed by atoms with E-state index in [0.717, 1.165) is 37.4 Å². The second kappa shape index (κ2) is 5.80. The van der Waals surface area contributed by atoms with Gasteiger partial charge in [0.25, 0.3) is 0 Å². The Balaban J connectivity index is 1.86. The molecule has 0 aliphatic carbocycles. The van der Waals surface area contributed by atoms with Gasteiger partial charge in [-0.1, -0.05) is 0 Å². The molecule has 0 aromatic carbocycles. The first-order chi connectivity index (χ1) is 8.69. The topological polar surface area (TPSA) is 58.1 Å². The number of anilines is 1. The SMILES string of the molecule is CNC(=O)CC1CCN(c2ncc(C)cn2)CC1. The Morgan fingerprint density at radius 3 is 2.56 bits per heavy atom. The molecule has 5 heteroatoms. The summed E-state index contributed by atoms with van der Waals surface area (Å²) in [4.78, 5) is 22.2. The quantitative estimate of drug-likeness (QED) is 0.871. The van der Waals surface area contributed by atoms with Crippen molar-refractivity contribution in [1.82, 2.24) is 15.3 Å². The molecule has 1 amide bonds. The Morgan fingerprint density at radius 2 is 2.00 bits per heavy atom. The van der Waals surface area contributed by atoms with Gasteiger partial charge in [-0.25, -0.2) is 9.97 Å². The van der Waals surface area contributed by atoms with E-state index in [1.54, 1.807) is 7.05 Å². The maximum atomic E-state index is 11.3. The molecule has 1 saturated heterocycles. The lowest BCUT2D eigenvalue weighted by molar-refractivity contribution is -0.121. The van der Waals surface area contributed by atoms with E-state index >= 15 is 0 Å². The van der Waals surface area contributed by atoms with Crippen LogP contribution in [0.25, 0.3) is 0 Å². The molecule has 0 radical (unpaired) electrons. The molecule has 2 rings (SSSR count). The number of carbonyl (C=O) groups excluding carboxylic acids is 1. The minimum absolute atomic E-state index is 0.139. The summed E-state index contributed by atoms with van der Waals surface area (Å²) in [7, 11) is 1.69. The van der Waals surface area contributed by atoms with Crippen LogP contribution < -0.4 is 10.2 Å². The number of aryl methyl sites for hydroxylation is 1. The van der Waals surface area contributed by atoms with Crippen molar-refractivity contribution in [2.75, 3.05) is 25.0 Å². The maximum absolute atomic E-state index is 11.3. The zero-order valence-electron chi connectivity index (χ0n) is 11.0. The van der Waals surface area contributed by atoms with Gasteiger partial charge in [0.05, 0.1) is 0 Å². The van der Waals surface area contributed by atoms with Crippen molar-refractivity contribution in [2.45, 2.75) is 26.2 Å². The maximum Gasteiger partial charge on any atom is 0.225 e. The third-order valence-electron chi connectivity index (χ3n) is 3.42. The standard InChI is InChI=1S/C13H20N4O/c1-10-8-15-13(16-9-10)17-5-3-11(4-6-17)7-12(18)14-2/h8-9,11H,3-7H2,1-2H3,(H,14,18). The van der Waals surface area contributed by atoms with Crippen molar-refractivity contribution in [1.29, 1.82) is 0 Å². The fourth-order valence-corrected chi connectivity index (χ4v) is 2.25. The largest absolute Gasteiger partial charge is 0.359 e. The van der Waals surface area contributed by atoms with E-state index in [9.17, 15) is 4.79 Å². The van der Waals surface area contributed by atoms with Gasteiger partial charge < -0.3 is 10.2 Å². The second-order valence-corrected chi connectivity index (χ2v) is 4.87. The molecule has 0 spiro atoms. The molecule has 18 heavy (non-hydrogen) atoms. The normalized spacial score (nSPS) is 16.7. The Kier molecular flexibility index (Phi) is 4.12. The molecular formula is C13H20N4O. The van der Waals surface area contributed by atoms with Crippen molar-refractivity contribution in [3.05, 3.63) is 18.0 Å². The lowest BCUT2D eigenvalue weighted by Crippen LogP contribution is -2.36. The van der Waals surface area contributed by atoms with Crippen molar-refractivity contribution in [3.8, 4) is 0 Å². The number of amides is 1. The van der Waals surface area contributed by atoms with Crippen LogP contribution in [0.2, 0.25) is 0 Å². The fraction of sp³-hybridized carbons (Fsp3) is 0.615. The zero-order valence-corrected chi connectivity index (χ0v) is 11.0. The summed E-state index contributed by atoms with van der Waals surface area (Å²) in [5.74, 6) is 1.44. The average Bonchev–Trinajstić information content (AvgIpc) is 2.40. The molecule has 1 N–H and O–H groups in total. The number of aromatic nitrogens is 2. The Hall–Kier alpha value is -1.65. The predicted molar refractivity (Wildman–Crippen MR) is 70.4 cm³/mol. The summed E-state index contributed by atoms with van der Waals surface area (Å²) in [6.07, 6.45) is 6.40. The summed E-state index contributed by atoms with van der Waals surface area (Å²) in [5.41, 5.74) is 1.08. The molecule has 0 unspecified atom stereocenters. The van der Waals surface area contributed by atoms with E-state index in [-0.39, 0.29) is 5.91 Å². The van der Waals surface area contributed by atoms with Crippen molar-refractivity contribution in [2.24, 2.45) is 5.92 Å². The molecule has 1 aliphatic heterocycles. The highest BCUT2D eigenvalue weighted by Crippen LogP contribution is 2.22. The van der Waals surface area contributed by atoms with E-state index in [0.29, 0.717) is 12.3 Å². The predicted octanol–water partition coefficient (Wildman–Crippen LogP) is 1.14. The molecule has 2 heterocycles. The first-order valence-corrected chi connectivity index (χ1v) is 6.43. The van der Waals surface area contributed by atoms with E-state index in [1.807, 2.05) is 19.3 Å². The van der Waals surface area contributed by atoms with Crippen LogP contribution in [0.3, 0.4) is 0 Å². The molecular weight excluding hydrogens is 228 g/mol. The Morgan fingerprint density at radius 1 is 1.39 bits per heavy atom. The van der Waals surface area contributed by atoms with E-state index < -0.39 is 0 Å². The fourth-order valence-electron chi connectivity index (χ4n) is 2.25. The minimum Gasteiger partial charge on any atom is -0.359 e. The van der Waals surface area contributed by atoms with Crippen molar-refractivity contribution >= 4 is 11.9 Å². The van der Waals surface area contributed by atoms with Gasteiger partial charge >= 0.3 is 0 Å². The number of nitrogens with one attached hydrogen (secondary N) is 1. The monoisotopic (exact) mass is 248 g/mol. The van der Waals surface area contributed by atoms with Crippen LogP contribution in [0.4, 0.5) is 5.95 Å². The van der Waals surface area contributed by atoms with Crippen LogP contribution in [-0.4, -0.2) is 36.0 Å². The van der Waals surface area contributed by atoms with E-state index in [2.05, 4.69) is 20.2 Å². The number of hydrogen-bond acceptors (Lipinski definition) is 4. The average molecular weight is 248 g/mol. The summed E-state index contributed by atoms with van der Waals surface area (Å²) < 4.78 is 0. The van der Waals surface area contributed by atoms with Gasteiger partial charge in [0.2, 0.25) is 11.9 Å². The van der Waals surface area contributed by atoms with Crippen LogP contribution in [0.15, 0.2) is 12.4 Å². The molecule has 0 bridgehead atoms. The molecule has 0 atom stereocenters. The van der Waals surface area contributed by atoms with E-state index in [4.69, 9.17) is 0 Å². The summed E-state index contributed by atoms with van der Waals surface area (Å²) >= 11 is 0. The van der Waals surface area contributed by atoms with Gasteiger partial charge in [0, 0.05) is 39.0 Å². The van der Waals surface area contributed by atoms with Crippen LogP contribution in [0.5, 0.6) is 0 Å². The van der Waals surface area contributed by atoms with Crippen LogP contribution >= 0.6 is 0 Å². The summed E-state index contributed by atoms with van der Waals surface area (Å²) in [6, 6.07) is 0. The van der Waals surface area contributed by atoms with Gasteiger partial charge in [0.1, 0.15) is 0 Å². The van der Waals surface area contributed by atoms with Gasteiger partial charge in [-0.3, -0.25) is 4.79 Å². The smallest absolute Gasteiger partial charge is 0.225 e. The number of nitrogens with zero attached hydrogens (tertiary/aromatic N) is 3. The Labute approximate surface area is 108 Å². The van der Waals surface area contributed by atoms with Crippen LogP contribution in [-0.2, 0) is 4.79 Å².